The molecule has 1 aromatic carbocycles. The van der Waals surface area contributed by atoms with Gasteiger partial charge in [-0.3, -0.25) is 0 Å². The zero-order valence-corrected chi connectivity index (χ0v) is 14.3. The van der Waals surface area contributed by atoms with Gasteiger partial charge >= 0.3 is 0 Å². The van der Waals surface area contributed by atoms with E-state index in [1.165, 1.54) is 0 Å². The van der Waals surface area contributed by atoms with Gasteiger partial charge in [0.05, 0.1) is 10.8 Å². The molecular formula is C15H17Cl2N3S. The van der Waals surface area contributed by atoms with Gasteiger partial charge in [0.1, 0.15) is 11.6 Å². The van der Waals surface area contributed by atoms with E-state index in [2.05, 4.69) is 22.2 Å². The van der Waals surface area contributed by atoms with E-state index < -0.39 is 0 Å². The van der Waals surface area contributed by atoms with Crippen LogP contribution in [-0.2, 0) is 5.75 Å². The first-order chi connectivity index (χ1) is 10.1. The van der Waals surface area contributed by atoms with Crippen LogP contribution in [0.15, 0.2) is 29.2 Å². The Hall–Kier alpha value is -0.970. The van der Waals surface area contributed by atoms with Gasteiger partial charge in [0, 0.05) is 28.2 Å². The van der Waals surface area contributed by atoms with Crippen LogP contribution in [0, 0.1) is 6.92 Å². The standard InChI is InChI=1S/C15H17Cl2N3S/c1-3-6-18-14-7-10(2)19-15(20-14)9-21-13-8-11(16)4-5-12(13)17/h4-5,7-8H,3,6,9H2,1-2H3,(H,18,19,20). The number of nitrogens with zero attached hydrogens (tertiary/aromatic N) is 2. The number of thioether (sulfide) groups is 1. The molecule has 0 aliphatic heterocycles. The van der Waals surface area contributed by atoms with Crippen LogP contribution in [0.2, 0.25) is 10.0 Å². The van der Waals surface area contributed by atoms with E-state index in [1.807, 2.05) is 19.1 Å². The zero-order chi connectivity index (χ0) is 15.2. The van der Waals surface area contributed by atoms with Crippen LogP contribution in [0.5, 0.6) is 0 Å². The molecule has 0 aliphatic rings. The van der Waals surface area contributed by atoms with E-state index in [-0.39, 0.29) is 0 Å². The fraction of sp³-hybridized carbons (Fsp3) is 0.333. The lowest BCUT2D eigenvalue weighted by atomic mass is 10.4. The highest BCUT2D eigenvalue weighted by molar-refractivity contribution is 7.98. The van der Waals surface area contributed by atoms with E-state index in [1.54, 1.807) is 23.9 Å². The molecule has 0 unspecified atom stereocenters. The van der Waals surface area contributed by atoms with E-state index in [0.717, 1.165) is 35.2 Å². The maximum absolute atomic E-state index is 6.16. The smallest absolute Gasteiger partial charge is 0.141 e. The molecule has 1 N–H and O–H groups in total. The second-order valence-electron chi connectivity index (χ2n) is 4.60. The summed E-state index contributed by atoms with van der Waals surface area (Å²) in [6.07, 6.45) is 1.06. The van der Waals surface area contributed by atoms with Gasteiger partial charge in [0.2, 0.25) is 0 Å². The lowest BCUT2D eigenvalue weighted by Crippen LogP contribution is -2.05. The molecule has 21 heavy (non-hydrogen) atoms. The Morgan fingerprint density at radius 1 is 1.19 bits per heavy atom. The molecule has 6 heteroatoms. The molecule has 1 heterocycles. The quantitative estimate of drug-likeness (QED) is 0.732. The molecule has 0 atom stereocenters. The van der Waals surface area contributed by atoms with Crippen molar-refractivity contribution >= 4 is 40.8 Å². The average molecular weight is 342 g/mol. The number of hydrogen-bond donors (Lipinski definition) is 1. The summed E-state index contributed by atoms with van der Waals surface area (Å²) in [7, 11) is 0. The number of aromatic nitrogens is 2. The van der Waals surface area contributed by atoms with Gasteiger partial charge in [-0.2, -0.15) is 0 Å². The summed E-state index contributed by atoms with van der Waals surface area (Å²) in [6, 6.07) is 7.40. The normalized spacial score (nSPS) is 10.7. The first-order valence-electron chi connectivity index (χ1n) is 6.74. The number of anilines is 1. The Morgan fingerprint density at radius 2 is 2.00 bits per heavy atom. The van der Waals surface area contributed by atoms with Crippen molar-refractivity contribution in [1.29, 1.82) is 0 Å². The lowest BCUT2D eigenvalue weighted by molar-refractivity contribution is 0.940. The van der Waals surface area contributed by atoms with Crippen LogP contribution in [0.4, 0.5) is 5.82 Å². The monoisotopic (exact) mass is 341 g/mol. The van der Waals surface area contributed by atoms with Crippen LogP contribution in [0.25, 0.3) is 0 Å². The number of nitrogens with one attached hydrogen (secondary N) is 1. The van der Waals surface area contributed by atoms with Crippen LogP contribution < -0.4 is 5.32 Å². The van der Waals surface area contributed by atoms with Crippen molar-refractivity contribution in [1.82, 2.24) is 9.97 Å². The van der Waals surface area contributed by atoms with E-state index >= 15 is 0 Å². The molecule has 2 aromatic rings. The maximum atomic E-state index is 6.16. The summed E-state index contributed by atoms with van der Waals surface area (Å²) in [6.45, 7) is 5.00. The minimum Gasteiger partial charge on any atom is -0.370 e. The number of rotatable bonds is 6. The molecule has 3 nitrogen and oxygen atoms in total. The predicted octanol–water partition coefficient (Wildman–Crippen LogP) is 5.21. The molecule has 0 radical (unpaired) electrons. The van der Waals surface area contributed by atoms with E-state index in [0.29, 0.717) is 15.8 Å². The Bertz CT molecular complexity index is 620. The second-order valence-corrected chi connectivity index (χ2v) is 6.46. The average Bonchev–Trinajstić information content (AvgIpc) is 2.45. The van der Waals surface area contributed by atoms with Gasteiger partial charge < -0.3 is 5.32 Å². The van der Waals surface area contributed by atoms with Crippen molar-refractivity contribution in [3.05, 3.63) is 45.8 Å². The molecular weight excluding hydrogens is 325 g/mol. The third-order valence-electron chi connectivity index (χ3n) is 2.71. The molecule has 2 rings (SSSR count). The van der Waals surface area contributed by atoms with Crippen LogP contribution in [-0.4, -0.2) is 16.5 Å². The predicted molar refractivity (Wildman–Crippen MR) is 91.6 cm³/mol. The highest BCUT2D eigenvalue weighted by atomic mass is 35.5. The molecule has 0 bridgehead atoms. The summed E-state index contributed by atoms with van der Waals surface area (Å²) in [5.74, 6) is 2.31. The van der Waals surface area contributed by atoms with Crippen LogP contribution in [0.1, 0.15) is 24.9 Å². The van der Waals surface area contributed by atoms with Gasteiger partial charge in [-0.15, -0.1) is 11.8 Å². The van der Waals surface area contributed by atoms with Gasteiger partial charge in [-0.25, -0.2) is 9.97 Å². The Balaban J connectivity index is 2.08. The van der Waals surface area contributed by atoms with Gasteiger partial charge in [0.25, 0.3) is 0 Å². The van der Waals surface area contributed by atoms with Crippen LogP contribution in [0.3, 0.4) is 0 Å². The van der Waals surface area contributed by atoms with Crippen molar-refractivity contribution in [3.8, 4) is 0 Å². The molecule has 0 spiro atoms. The fourth-order valence-corrected chi connectivity index (χ4v) is 3.12. The zero-order valence-electron chi connectivity index (χ0n) is 12.0. The van der Waals surface area contributed by atoms with E-state index in [9.17, 15) is 0 Å². The number of benzene rings is 1. The largest absolute Gasteiger partial charge is 0.370 e. The second kappa shape index (κ2) is 7.87. The third kappa shape index (κ3) is 5.06. The minimum absolute atomic E-state index is 0.655. The van der Waals surface area contributed by atoms with Crippen molar-refractivity contribution in [2.24, 2.45) is 0 Å². The van der Waals surface area contributed by atoms with Crippen LogP contribution >= 0.6 is 35.0 Å². The third-order valence-corrected chi connectivity index (χ3v) is 4.43. The molecule has 0 saturated carbocycles. The first kappa shape index (κ1) is 16.4. The molecule has 1 aromatic heterocycles. The highest BCUT2D eigenvalue weighted by Crippen LogP contribution is 2.31. The van der Waals surface area contributed by atoms with Crippen molar-refractivity contribution in [3.63, 3.8) is 0 Å². The summed E-state index contributed by atoms with van der Waals surface area (Å²) in [5, 5.41) is 4.66. The summed E-state index contributed by atoms with van der Waals surface area (Å²) in [4.78, 5) is 9.92. The highest BCUT2D eigenvalue weighted by Gasteiger charge is 2.06. The van der Waals surface area contributed by atoms with Crippen molar-refractivity contribution in [2.75, 3.05) is 11.9 Å². The minimum atomic E-state index is 0.655. The Kier molecular flexibility index (Phi) is 6.15. The SMILES string of the molecule is CCCNc1cc(C)nc(CSc2cc(Cl)ccc2Cl)n1. The van der Waals surface area contributed by atoms with Crippen molar-refractivity contribution < 1.29 is 0 Å². The number of aryl methyl sites for hydroxylation is 1. The number of hydrogen-bond acceptors (Lipinski definition) is 4. The Morgan fingerprint density at radius 3 is 2.76 bits per heavy atom. The molecule has 0 fully saturated rings. The summed E-state index contributed by atoms with van der Waals surface area (Å²) in [5.41, 5.74) is 0.955. The van der Waals surface area contributed by atoms with Gasteiger partial charge in [-0.1, -0.05) is 30.1 Å². The van der Waals surface area contributed by atoms with Gasteiger partial charge in [0.15, 0.2) is 0 Å². The fourth-order valence-electron chi connectivity index (χ4n) is 1.77. The Labute approximate surface area is 139 Å². The lowest BCUT2D eigenvalue weighted by Gasteiger charge is -2.08. The number of halogens is 2. The van der Waals surface area contributed by atoms with Gasteiger partial charge in [-0.05, 0) is 31.5 Å². The van der Waals surface area contributed by atoms with E-state index in [4.69, 9.17) is 23.2 Å². The molecule has 0 amide bonds. The maximum Gasteiger partial charge on any atom is 0.141 e. The topological polar surface area (TPSA) is 37.8 Å². The summed E-state index contributed by atoms with van der Waals surface area (Å²) >= 11 is 13.7. The van der Waals surface area contributed by atoms with Crippen molar-refractivity contribution in [2.45, 2.75) is 30.9 Å². The summed E-state index contributed by atoms with van der Waals surface area (Å²) < 4.78 is 0. The first-order valence-corrected chi connectivity index (χ1v) is 8.49. The molecule has 0 aliphatic carbocycles. The molecule has 112 valence electrons. The molecule has 0 saturated heterocycles.